The molecule has 0 saturated carbocycles. The van der Waals surface area contributed by atoms with Crippen molar-refractivity contribution >= 4 is 33.3 Å². The van der Waals surface area contributed by atoms with E-state index in [0.29, 0.717) is 22.1 Å². The molecule has 14 heteroatoms. The number of fused-ring (bicyclic) bond motifs is 3. The summed E-state index contributed by atoms with van der Waals surface area (Å²) in [5, 5.41) is 8.55. The molecule has 1 amide bonds. The molecule has 1 aliphatic heterocycles. The maximum Gasteiger partial charge on any atom is 0.534 e. The minimum Gasteiger partial charge on any atom is -0.376 e. The van der Waals surface area contributed by atoms with E-state index >= 15 is 0 Å². The molecule has 1 aliphatic rings. The fraction of sp³-hybridized carbons (Fsp3) is 0.200. The summed E-state index contributed by atoms with van der Waals surface area (Å²) in [5.74, 6) is -0.575. The number of nitrogens with two attached hydrogens (primary N) is 1. The molecule has 0 fully saturated rings. The number of aliphatic imine (C=N–C) groups is 1. The van der Waals surface area contributed by atoms with Gasteiger partial charge in [-0.25, -0.2) is 0 Å². The Balaban J connectivity index is 1.97. The second-order valence-corrected chi connectivity index (χ2v) is 9.25. The fourth-order valence-corrected chi connectivity index (χ4v) is 4.04. The summed E-state index contributed by atoms with van der Waals surface area (Å²) in [6, 6.07) is 9.05. The second-order valence-electron chi connectivity index (χ2n) is 7.27. The Kier molecular flexibility index (Phi) is 5.85. The molecule has 4 rings (SSSR count). The Morgan fingerprint density at radius 1 is 1.18 bits per heavy atom. The highest BCUT2D eigenvalue weighted by atomic mass is 35.5. The Hall–Kier alpha value is -3.45. The molecule has 0 spiro atoms. The van der Waals surface area contributed by atoms with Crippen molar-refractivity contribution in [1.82, 2.24) is 14.8 Å². The highest BCUT2D eigenvalue weighted by Gasteiger charge is 2.48. The number of alkyl halides is 3. The van der Waals surface area contributed by atoms with Crippen molar-refractivity contribution in [3.63, 3.8) is 0 Å². The molecule has 178 valence electrons. The first-order valence-corrected chi connectivity index (χ1v) is 11.4. The van der Waals surface area contributed by atoms with Gasteiger partial charge in [-0.2, -0.15) is 21.6 Å². The van der Waals surface area contributed by atoms with E-state index < -0.39 is 33.3 Å². The van der Waals surface area contributed by atoms with Crippen molar-refractivity contribution in [2.75, 3.05) is 0 Å². The summed E-state index contributed by atoms with van der Waals surface area (Å²) >= 11 is 5.98. The fourth-order valence-electron chi connectivity index (χ4n) is 3.47. The molecule has 2 aromatic carbocycles. The first-order chi connectivity index (χ1) is 15.9. The number of benzene rings is 2. The zero-order chi connectivity index (χ0) is 24.8. The van der Waals surface area contributed by atoms with E-state index in [4.69, 9.17) is 17.3 Å². The van der Waals surface area contributed by atoms with Gasteiger partial charge in [0.15, 0.2) is 5.82 Å². The predicted octanol–water partition coefficient (Wildman–Crippen LogP) is 3.23. The van der Waals surface area contributed by atoms with Crippen LogP contribution in [0.3, 0.4) is 0 Å². The smallest absolute Gasteiger partial charge is 0.376 e. The third-order valence-corrected chi connectivity index (χ3v) is 6.13. The molecule has 2 heterocycles. The van der Waals surface area contributed by atoms with Gasteiger partial charge in [-0.3, -0.25) is 14.4 Å². The van der Waals surface area contributed by atoms with E-state index in [0.717, 1.165) is 12.1 Å². The van der Waals surface area contributed by atoms with E-state index in [2.05, 4.69) is 19.4 Å². The number of nitrogens with zero attached hydrogens (tertiary/aromatic N) is 4. The zero-order valence-corrected chi connectivity index (χ0v) is 18.8. The quantitative estimate of drug-likeness (QED) is 0.412. The first-order valence-electron chi connectivity index (χ1n) is 9.57. The maximum absolute atomic E-state index is 12.9. The van der Waals surface area contributed by atoms with Crippen LogP contribution in [0.4, 0.5) is 13.2 Å². The van der Waals surface area contributed by atoms with Gasteiger partial charge >= 0.3 is 15.6 Å². The molecular formula is C20H15ClF3N5O4S. The second kappa shape index (κ2) is 8.40. The van der Waals surface area contributed by atoms with Gasteiger partial charge in [0.25, 0.3) is 0 Å². The van der Waals surface area contributed by atoms with Gasteiger partial charge in [-0.15, -0.1) is 10.2 Å². The first kappa shape index (κ1) is 23.7. The Morgan fingerprint density at radius 2 is 1.85 bits per heavy atom. The summed E-state index contributed by atoms with van der Waals surface area (Å²) < 4.78 is 67.6. The summed E-state index contributed by atoms with van der Waals surface area (Å²) in [5.41, 5.74) is 1.12. The molecule has 34 heavy (non-hydrogen) atoms. The average molecular weight is 514 g/mol. The summed E-state index contributed by atoms with van der Waals surface area (Å²) in [7, 11) is -5.91. The lowest BCUT2D eigenvalue weighted by molar-refractivity contribution is -0.118. The van der Waals surface area contributed by atoms with Crippen LogP contribution in [-0.4, -0.2) is 40.3 Å². The molecule has 2 N–H and O–H groups in total. The number of hydrogen-bond donors (Lipinski definition) is 1. The minimum absolute atomic E-state index is 0.216. The number of halogens is 4. The number of rotatable bonds is 5. The van der Waals surface area contributed by atoms with Crippen molar-refractivity contribution in [2.45, 2.75) is 24.9 Å². The van der Waals surface area contributed by atoms with Crippen LogP contribution in [0.25, 0.3) is 5.69 Å². The van der Waals surface area contributed by atoms with Crippen LogP contribution in [0.15, 0.2) is 47.5 Å². The molecule has 0 saturated heterocycles. The van der Waals surface area contributed by atoms with Crippen LogP contribution < -0.4 is 9.92 Å². The monoisotopic (exact) mass is 513 g/mol. The molecule has 1 atom stereocenters. The van der Waals surface area contributed by atoms with Crippen LogP contribution in [0.1, 0.15) is 35.2 Å². The van der Waals surface area contributed by atoms with Gasteiger partial charge in [-0.1, -0.05) is 23.7 Å². The van der Waals surface area contributed by atoms with E-state index in [9.17, 15) is 26.4 Å². The van der Waals surface area contributed by atoms with E-state index in [1.54, 1.807) is 35.8 Å². The molecule has 0 unspecified atom stereocenters. The number of carbonyl (C=O) groups excluding carboxylic acids is 1. The Labute approximate surface area is 196 Å². The highest BCUT2D eigenvalue weighted by Crippen LogP contribution is 2.35. The number of aryl methyl sites for hydroxylation is 1. The lowest BCUT2D eigenvalue weighted by Crippen LogP contribution is -2.28. The topological polar surface area (TPSA) is 130 Å². The maximum atomic E-state index is 12.9. The summed E-state index contributed by atoms with van der Waals surface area (Å²) in [6.45, 7) is 1.63. The standard InChI is InChI=1S/C20H15ClF3N5O4S/c1-10-27-28-19-15(9-17(25)30)26-18(11-2-4-12(21)5-3-11)14-8-13(6-7-16(14)29(10)19)33-34(31,32)20(22,23)24/h2-8,15H,9H2,1H3,(H2,25,30)/t15-/m0/s1. The largest absolute Gasteiger partial charge is 0.534 e. The third-order valence-electron chi connectivity index (χ3n) is 4.90. The number of aromatic nitrogens is 3. The van der Waals surface area contributed by atoms with E-state index in [-0.39, 0.29) is 23.5 Å². The number of primary amides is 1. The van der Waals surface area contributed by atoms with Crippen LogP contribution in [0.5, 0.6) is 5.75 Å². The average Bonchev–Trinajstić information content (AvgIpc) is 3.05. The molecule has 0 radical (unpaired) electrons. The van der Waals surface area contributed by atoms with Gasteiger partial charge in [0.05, 0.1) is 17.8 Å². The molecular weight excluding hydrogens is 499 g/mol. The van der Waals surface area contributed by atoms with Crippen molar-refractivity contribution < 1.29 is 30.6 Å². The lowest BCUT2D eigenvalue weighted by Gasteiger charge is -2.15. The van der Waals surface area contributed by atoms with E-state index in [1.807, 2.05) is 0 Å². The van der Waals surface area contributed by atoms with Crippen molar-refractivity contribution in [1.29, 1.82) is 0 Å². The van der Waals surface area contributed by atoms with Crippen molar-refractivity contribution in [2.24, 2.45) is 10.7 Å². The number of hydrogen-bond acceptors (Lipinski definition) is 7. The SMILES string of the molecule is Cc1nnc2n1-c1ccc(OS(=O)(=O)C(F)(F)F)cc1C(c1ccc(Cl)cc1)=N[C@H]2CC(N)=O. The predicted molar refractivity (Wildman–Crippen MR) is 115 cm³/mol. The van der Waals surface area contributed by atoms with Crippen LogP contribution in [0, 0.1) is 6.92 Å². The van der Waals surface area contributed by atoms with Crippen LogP contribution >= 0.6 is 11.6 Å². The van der Waals surface area contributed by atoms with Crippen LogP contribution in [-0.2, 0) is 14.9 Å². The van der Waals surface area contributed by atoms with Gasteiger partial charge in [0.1, 0.15) is 17.6 Å². The molecule has 1 aromatic heterocycles. The third kappa shape index (κ3) is 4.35. The minimum atomic E-state index is -5.91. The Morgan fingerprint density at radius 3 is 2.47 bits per heavy atom. The van der Waals surface area contributed by atoms with Gasteiger partial charge < -0.3 is 9.92 Å². The summed E-state index contributed by atoms with van der Waals surface area (Å²) in [6.07, 6.45) is -0.227. The van der Waals surface area contributed by atoms with Gasteiger partial charge in [0, 0.05) is 16.1 Å². The molecule has 3 aromatic rings. The molecule has 9 nitrogen and oxygen atoms in total. The van der Waals surface area contributed by atoms with Gasteiger partial charge in [-0.05, 0) is 37.3 Å². The van der Waals surface area contributed by atoms with Crippen molar-refractivity contribution in [3.8, 4) is 11.4 Å². The number of carbonyl (C=O) groups is 1. The zero-order valence-electron chi connectivity index (χ0n) is 17.2. The normalized spacial score (nSPS) is 15.7. The van der Waals surface area contributed by atoms with Crippen molar-refractivity contribution in [3.05, 3.63) is 70.3 Å². The lowest BCUT2D eigenvalue weighted by atomic mass is 10.00. The van der Waals surface area contributed by atoms with Gasteiger partial charge in [0.2, 0.25) is 5.91 Å². The highest BCUT2D eigenvalue weighted by molar-refractivity contribution is 7.88. The summed E-state index contributed by atoms with van der Waals surface area (Å²) in [4.78, 5) is 16.4. The van der Waals surface area contributed by atoms with Crippen LogP contribution in [0.2, 0.25) is 5.02 Å². The molecule has 0 bridgehead atoms. The Bertz CT molecular complexity index is 1420. The van der Waals surface area contributed by atoms with E-state index in [1.165, 1.54) is 6.07 Å². The number of amides is 1. The molecule has 0 aliphatic carbocycles.